The van der Waals surface area contributed by atoms with Gasteiger partial charge in [0, 0.05) is 6.54 Å². The smallest absolute Gasteiger partial charge is 0.214 e. The molecule has 1 aliphatic heterocycles. The SMILES string of the molecule is CCCCNS(=O)(=O)C1CCNCC1. The van der Waals surface area contributed by atoms with Crippen LogP contribution in [-0.4, -0.2) is 33.3 Å². The molecule has 0 aromatic rings. The second-order valence-electron chi connectivity index (χ2n) is 3.74. The summed E-state index contributed by atoms with van der Waals surface area (Å²) in [5.41, 5.74) is 0. The summed E-state index contributed by atoms with van der Waals surface area (Å²) < 4.78 is 26.1. The summed E-state index contributed by atoms with van der Waals surface area (Å²) in [4.78, 5) is 0. The van der Waals surface area contributed by atoms with Crippen LogP contribution < -0.4 is 10.0 Å². The molecule has 2 N–H and O–H groups in total. The molecule has 0 spiro atoms. The summed E-state index contributed by atoms with van der Waals surface area (Å²) in [6, 6.07) is 0. The van der Waals surface area contributed by atoms with Gasteiger partial charge in [-0.2, -0.15) is 0 Å². The van der Waals surface area contributed by atoms with Crippen LogP contribution in [-0.2, 0) is 10.0 Å². The maximum atomic E-state index is 11.7. The Morgan fingerprint density at radius 1 is 1.36 bits per heavy atom. The highest BCUT2D eigenvalue weighted by molar-refractivity contribution is 7.90. The minimum Gasteiger partial charge on any atom is -0.317 e. The van der Waals surface area contributed by atoms with Crippen molar-refractivity contribution < 1.29 is 8.42 Å². The Labute approximate surface area is 86.5 Å². The lowest BCUT2D eigenvalue weighted by molar-refractivity contribution is 0.489. The Morgan fingerprint density at radius 3 is 2.57 bits per heavy atom. The summed E-state index contributed by atoms with van der Waals surface area (Å²) in [7, 11) is -3.05. The Morgan fingerprint density at radius 2 is 2.00 bits per heavy atom. The molecule has 5 heteroatoms. The van der Waals surface area contributed by atoms with Gasteiger partial charge in [0.2, 0.25) is 10.0 Å². The van der Waals surface area contributed by atoms with Crippen LogP contribution in [0.15, 0.2) is 0 Å². The van der Waals surface area contributed by atoms with Crippen molar-refractivity contribution >= 4 is 10.0 Å². The number of nitrogens with one attached hydrogen (secondary N) is 2. The van der Waals surface area contributed by atoms with E-state index in [2.05, 4.69) is 17.0 Å². The van der Waals surface area contributed by atoms with Gasteiger partial charge in [-0.25, -0.2) is 13.1 Å². The zero-order valence-electron chi connectivity index (χ0n) is 8.75. The third kappa shape index (κ3) is 3.55. The number of sulfonamides is 1. The fraction of sp³-hybridized carbons (Fsp3) is 1.00. The van der Waals surface area contributed by atoms with Gasteiger partial charge in [-0.15, -0.1) is 0 Å². The summed E-state index contributed by atoms with van der Waals surface area (Å²) >= 11 is 0. The molecular weight excluding hydrogens is 200 g/mol. The fourth-order valence-corrected chi connectivity index (χ4v) is 3.14. The highest BCUT2D eigenvalue weighted by atomic mass is 32.2. The van der Waals surface area contributed by atoms with Gasteiger partial charge in [-0.1, -0.05) is 13.3 Å². The molecule has 0 amide bonds. The lowest BCUT2D eigenvalue weighted by atomic mass is 10.2. The van der Waals surface area contributed by atoms with Gasteiger partial charge in [-0.3, -0.25) is 0 Å². The summed E-state index contributed by atoms with van der Waals surface area (Å²) in [5.74, 6) is 0. The Hall–Kier alpha value is -0.130. The Kier molecular flexibility index (Phi) is 4.84. The molecule has 0 aromatic heterocycles. The third-order valence-corrected chi connectivity index (χ3v) is 4.51. The van der Waals surface area contributed by atoms with Crippen molar-refractivity contribution in [2.24, 2.45) is 0 Å². The largest absolute Gasteiger partial charge is 0.317 e. The highest BCUT2D eigenvalue weighted by Crippen LogP contribution is 2.11. The fourth-order valence-electron chi connectivity index (χ4n) is 1.61. The first-order valence-electron chi connectivity index (χ1n) is 5.36. The molecule has 84 valence electrons. The molecule has 1 fully saturated rings. The molecule has 0 unspecified atom stereocenters. The van der Waals surface area contributed by atoms with E-state index in [0.29, 0.717) is 6.54 Å². The van der Waals surface area contributed by atoms with Gasteiger partial charge >= 0.3 is 0 Å². The molecule has 1 rings (SSSR count). The van der Waals surface area contributed by atoms with Crippen LogP contribution in [0.1, 0.15) is 32.6 Å². The van der Waals surface area contributed by atoms with Gasteiger partial charge in [0.15, 0.2) is 0 Å². The molecule has 1 aliphatic rings. The molecule has 0 aromatic carbocycles. The maximum Gasteiger partial charge on any atom is 0.214 e. The average molecular weight is 220 g/mol. The van der Waals surface area contributed by atoms with Crippen molar-refractivity contribution in [2.45, 2.75) is 37.9 Å². The number of hydrogen-bond donors (Lipinski definition) is 2. The zero-order chi connectivity index (χ0) is 10.4. The number of rotatable bonds is 5. The first-order valence-corrected chi connectivity index (χ1v) is 6.90. The number of piperidine rings is 1. The normalized spacial score (nSPS) is 19.8. The van der Waals surface area contributed by atoms with E-state index in [4.69, 9.17) is 0 Å². The van der Waals surface area contributed by atoms with Crippen LogP contribution in [0.2, 0.25) is 0 Å². The lowest BCUT2D eigenvalue weighted by Gasteiger charge is -2.22. The summed E-state index contributed by atoms with van der Waals surface area (Å²) in [6.45, 7) is 4.28. The summed E-state index contributed by atoms with van der Waals surface area (Å²) in [5, 5.41) is 2.98. The average Bonchev–Trinajstić information content (AvgIpc) is 2.19. The highest BCUT2D eigenvalue weighted by Gasteiger charge is 2.26. The minimum absolute atomic E-state index is 0.180. The van der Waals surface area contributed by atoms with E-state index < -0.39 is 10.0 Å². The first kappa shape index (κ1) is 11.9. The molecule has 0 atom stereocenters. The molecule has 0 saturated carbocycles. The Bertz CT molecular complexity index is 246. The molecule has 4 nitrogen and oxygen atoms in total. The van der Waals surface area contributed by atoms with Gasteiger partial charge < -0.3 is 5.32 Å². The second kappa shape index (κ2) is 5.68. The van der Waals surface area contributed by atoms with Crippen molar-refractivity contribution in [3.63, 3.8) is 0 Å². The van der Waals surface area contributed by atoms with E-state index in [0.717, 1.165) is 38.8 Å². The van der Waals surface area contributed by atoms with E-state index in [-0.39, 0.29) is 5.25 Å². The van der Waals surface area contributed by atoms with Gasteiger partial charge in [0.1, 0.15) is 0 Å². The van der Waals surface area contributed by atoms with E-state index >= 15 is 0 Å². The van der Waals surface area contributed by atoms with Crippen molar-refractivity contribution in [1.82, 2.24) is 10.0 Å². The number of unbranched alkanes of at least 4 members (excludes halogenated alkanes) is 1. The molecule has 0 aliphatic carbocycles. The van der Waals surface area contributed by atoms with Crippen molar-refractivity contribution in [1.29, 1.82) is 0 Å². The number of hydrogen-bond acceptors (Lipinski definition) is 3. The van der Waals surface area contributed by atoms with Gasteiger partial charge in [0.25, 0.3) is 0 Å². The van der Waals surface area contributed by atoms with Crippen LogP contribution in [0.4, 0.5) is 0 Å². The van der Waals surface area contributed by atoms with Crippen molar-refractivity contribution in [3.05, 3.63) is 0 Å². The monoisotopic (exact) mass is 220 g/mol. The third-order valence-electron chi connectivity index (χ3n) is 2.56. The van der Waals surface area contributed by atoms with Crippen molar-refractivity contribution in [3.8, 4) is 0 Å². The van der Waals surface area contributed by atoms with E-state index in [1.165, 1.54) is 0 Å². The summed E-state index contributed by atoms with van der Waals surface area (Å²) in [6.07, 6.45) is 3.42. The topological polar surface area (TPSA) is 58.2 Å². The van der Waals surface area contributed by atoms with Gasteiger partial charge in [-0.05, 0) is 32.4 Å². The minimum atomic E-state index is -3.05. The molecular formula is C9H20N2O2S. The standard InChI is InChI=1S/C9H20N2O2S/c1-2-3-6-11-14(12,13)9-4-7-10-8-5-9/h9-11H,2-8H2,1H3. The van der Waals surface area contributed by atoms with E-state index in [1.807, 2.05) is 0 Å². The van der Waals surface area contributed by atoms with Gasteiger partial charge in [0.05, 0.1) is 5.25 Å². The Balaban J connectivity index is 2.38. The van der Waals surface area contributed by atoms with Crippen LogP contribution >= 0.6 is 0 Å². The predicted octanol–water partition coefficient (Wildman–Crippen LogP) is 0.458. The van der Waals surface area contributed by atoms with Crippen LogP contribution in [0.5, 0.6) is 0 Å². The quantitative estimate of drug-likeness (QED) is 0.662. The maximum absolute atomic E-state index is 11.7. The molecule has 1 heterocycles. The van der Waals surface area contributed by atoms with Crippen molar-refractivity contribution in [2.75, 3.05) is 19.6 Å². The van der Waals surface area contributed by atoms with E-state index in [1.54, 1.807) is 0 Å². The van der Waals surface area contributed by atoms with E-state index in [9.17, 15) is 8.42 Å². The van der Waals surface area contributed by atoms with Crippen LogP contribution in [0.25, 0.3) is 0 Å². The first-order chi connectivity index (χ1) is 6.67. The molecule has 1 saturated heterocycles. The molecule has 0 bridgehead atoms. The predicted molar refractivity (Wildman–Crippen MR) is 57.7 cm³/mol. The molecule has 0 radical (unpaired) electrons. The second-order valence-corrected chi connectivity index (χ2v) is 5.79. The van der Waals surface area contributed by atoms with Crippen LogP contribution in [0, 0.1) is 0 Å². The van der Waals surface area contributed by atoms with Crippen LogP contribution in [0.3, 0.4) is 0 Å². The zero-order valence-corrected chi connectivity index (χ0v) is 9.57. The lowest BCUT2D eigenvalue weighted by Crippen LogP contribution is -2.41. The molecule has 14 heavy (non-hydrogen) atoms.